The molecule has 1 aromatic rings. The van der Waals surface area contributed by atoms with Crippen molar-refractivity contribution in [1.82, 2.24) is 4.98 Å². The summed E-state index contributed by atoms with van der Waals surface area (Å²) in [6.45, 7) is 2.17. The summed E-state index contributed by atoms with van der Waals surface area (Å²) < 4.78 is 0. The van der Waals surface area contributed by atoms with Crippen LogP contribution in [0.5, 0.6) is 0 Å². The van der Waals surface area contributed by atoms with Crippen LogP contribution >= 0.6 is 11.6 Å². The predicted molar refractivity (Wildman–Crippen MR) is 44.3 cm³/mol. The first-order chi connectivity index (χ1) is 4.88. The van der Waals surface area contributed by atoms with Crippen LogP contribution in [0.25, 0.3) is 0 Å². The SMILES string of the molecule is CCCc1c[nH]cc1CCl. The highest BCUT2D eigenvalue weighted by Crippen LogP contribution is 2.12. The van der Waals surface area contributed by atoms with Gasteiger partial charge in [-0.3, -0.25) is 0 Å². The van der Waals surface area contributed by atoms with Crippen molar-refractivity contribution in [3.63, 3.8) is 0 Å². The minimum Gasteiger partial charge on any atom is -0.367 e. The van der Waals surface area contributed by atoms with Crippen LogP contribution in [0.4, 0.5) is 0 Å². The molecule has 0 fully saturated rings. The van der Waals surface area contributed by atoms with Crippen LogP contribution in [0.1, 0.15) is 24.5 Å². The fourth-order valence-corrected chi connectivity index (χ4v) is 1.30. The number of aryl methyl sites for hydroxylation is 1. The molecule has 0 saturated carbocycles. The molecule has 0 aliphatic heterocycles. The first kappa shape index (κ1) is 7.67. The molecule has 0 atom stereocenters. The van der Waals surface area contributed by atoms with Gasteiger partial charge in [0.25, 0.3) is 0 Å². The molecule has 1 heterocycles. The number of halogens is 1. The van der Waals surface area contributed by atoms with Gasteiger partial charge in [0.05, 0.1) is 0 Å². The monoisotopic (exact) mass is 157 g/mol. The summed E-state index contributed by atoms with van der Waals surface area (Å²) in [5.74, 6) is 0.624. The third kappa shape index (κ3) is 1.54. The molecule has 0 bridgehead atoms. The maximum absolute atomic E-state index is 5.69. The molecule has 1 N–H and O–H groups in total. The molecule has 0 aliphatic carbocycles. The van der Waals surface area contributed by atoms with Gasteiger partial charge in [0.1, 0.15) is 0 Å². The van der Waals surface area contributed by atoms with E-state index in [1.807, 2.05) is 12.4 Å². The fraction of sp³-hybridized carbons (Fsp3) is 0.500. The Morgan fingerprint density at radius 3 is 2.70 bits per heavy atom. The average Bonchev–Trinajstić information content (AvgIpc) is 2.36. The molecular weight excluding hydrogens is 146 g/mol. The molecule has 1 nitrogen and oxygen atoms in total. The van der Waals surface area contributed by atoms with Gasteiger partial charge in [0, 0.05) is 18.3 Å². The van der Waals surface area contributed by atoms with Crippen molar-refractivity contribution in [2.45, 2.75) is 25.6 Å². The normalized spacial score (nSPS) is 10.2. The number of rotatable bonds is 3. The van der Waals surface area contributed by atoms with E-state index >= 15 is 0 Å². The molecule has 0 unspecified atom stereocenters. The molecule has 56 valence electrons. The quantitative estimate of drug-likeness (QED) is 0.650. The minimum atomic E-state index is 0.624. The third-order valence-electron chi connectivity index (χ3n) is 1.59. The number of alkyl halides is 1. The Bertz CT molecular complexity index is 193. The number of nitrogens with one attached hydrogen (secondary N) is 1. The Kier molecular flexibility index (Phi) is 2.82. The summed E-state index contributed by atoms with van der Waals surface area (Å²) >= 11 is 5.69. The molecule has 0 spiro atoms. The van der Waals surface area contributed by atoms with Crippen molar-refractivity contribution in [2.24, 2.45) is 0 Å². The van der Waals surface area contributed by atoms with E-state index in [9.17, 15) is 0 Å². The third-order valence-corrected chi connectivity index (χ3v) is 1.88. The van der Waals surface area contributed by atoms with Crippen LogP contribution in [-0.2, 0) is 12.3 Å². The second-order valence-corrected chi connectivity index (χ2v) is 2.66. The Balaban J connectivity index is 2.70. The largest absolute Gasteiger partial charge is 0.367 e. The Morgan fingerprint density at radius 2 is 2.10 bits per heavy atom. The summed E-state index contributed by atoms with van der Waals surface area (Å²) in [4.78, 5) is 3.05. The zero-order valence-electron chi connectivity index (χ0n) is 6.15. The standard InChI is InChI=1S/C8H12ClN/c1-2-3-7-5-10-6-8(7)4-9/h5-6,10H,2-4H2,1H3. The maximum atomic E-state index is 5.69. The lowest BCUT2D eigenvalue weighted by Gasteiger charge is -1.95. The van der Waals surface area contributed by atoms with Crippen molar-refractivity contribution < 1.29 is 0 Å². The molecule has 0 amide bonds. The molecule has 0 aliphatic rings. The molecule has 0 saturated heterocycles. The van der Waals surface area contributed by atoms with Gasteiger partial charge in [-0.05, 0) is 17.5 Å². The second-order valence-electron chi connectivity index (χ2n) is 2.39. The Labute approximate surface area is 66.4 Å². The van der Waals surface area contributed by atoms with E-state index in [0.29, 0.717) is 5.88 Å². The molecular formula is C8H12ClN. The van der Waals surface area contributed by atoms with Crippen LogP contribution in [0, 0.1) is 0 Å². The number of aromatic nitrogens is 1. The zero-order valence-corrected chi connectivity index (χ0v) is 6.91. The summed E-state index contributed by atoms with van der Waals surface area (Å²) in [5.41, 5.74) is 2.60. The van der Waals surface area contributed by atoms with Crippen molar-refractivity contribution in [1.29, 1.82) is 0 Å². The minimum absolute atomic E-state index is 0.624. The summed E-state index contributed by atoms with van der Waals surface area (Å²) in [5, 5.41) is 0. The lowest BCUT2D eigenvalue weighted by atomic mass is 10.1. The zero-order chi connectivity index (χ0) is 7.40. The highest BCUT2D eigenvalue weighted by atomic mass is 35.5. The molecule has 10 heavy (non-hydrogen) atoms. The predicted octanol–water partition coefficient (Wildman–Crippen LogP) is 2.71. The molecule has 1 rings (SSSR count). The van der Waals surface area contributed by atoms with E-state index in [2.05, 4.69) is 11.9 Å². The lowest BCUT2D eigenvalue weighted by molar-refractivity contribution is 0.915. The summed E-state index contributed by atoms with van der Waals surface area (Å²) in [6, 6.07) is 0. The van der Waals surface area contributed by atoms with E-state index in [-0.39, 0.29) is 0 Å². The van der Waals surface area contributed by atoms with Gasteiger partial charge < -0.3 is 4.98 Å². The van der Waals surface area contributed by atoms with Gasteiger partial charge in [-0.2, -0.15) is 0 Å². The van der Waals surface area contributed by atoms with Gasteiger partial charge in [0.2, 0.25) is 0 Å². The van der Waals surface area contributed by atoms with Gasteiger partial charge in [0.15, 0.2) is 0 Å². The van der Waals surface area contributed by atoms with E-state index in [1.54, 1.807) is 0 Å². The van der Waals surface area contributed by atoms with Gasteiger partial charge in [-0.15, -0.1) is 11.6 Å². The molecule has 2 heteroatoms. The molecule has 1 aromatic heterocycles. The van der Waals surface area contributed by atoms with Crippen molar-refractivity contribution in [3.05, 3.63) is 23.5 Å². The van der Waals surface area contributed by atoms with Crippen LogP contribution in [0.2, 0.25) is 0 Å². The van der Waals surface area contributed by atoms with Crippen LogP contribution in [0.15, 0.2) is 12.4 Å². The van der Waals surface area contributed by atoms with Gasteiger partial charge in [-0.25, -0.2) is 0 Å². The van der Waals surface area contributed by atoms with Crippen molar-refractivity contribution in [2.75, 3.05) is 0 Å². The summed E-state index contributed by atoms with van der Waals surface area (Å²) in [7, 11) is 0. The average molecular weight is 158 g/mol. The first-order valence-corrected chi connectivity index (χ1v) is 4.12. The van der Waals surface area contributed by atoms with Gasteiger partial charge in [-0.1, -0.05) is 13.3 Å². The molecule has 0 radical (unpaired) electrons. The second kappa shape index (κ2) is 3.67. The van der Waals surface area contributed by atoms with E-state index in [1.165, 1.54) is 17.5 Å². The van der Waals surface area contributed by atoms with Crippen molar-refractivity contribution in [3.8, 4) is 0 Å². The molecule has 0 aromatic carbocycles. The smallest absolute Gasteiger partial charge is 0.0491 e. The van der Waals surface area contributed by atoms with E-state index in [4.69, 9.17) is 11.6 Å². The van der Waals surface area contributed by atoms with Crippen LogP contribution < -0.4 is 0 Å². The van der Waals surface area contributed by atoms with Crippen molar-refractivity contribution >= 4 is 11.6 Å². The topological polar surface area (TPSA) is 15.8 Å². The highest BCUT2D eigenvalue weighted by Gasteiger charge is 1.99. The number of hydrogen-bond acceptors (Lipinski definition) is 0. The summed E-state index contributed by atoms with van der Waals surface area (Å²) in [6.07, 6.45) is 6.31. The van der Waals surface area contributed by atoms with Crippen LogP contribution in [0.3, 0.4) is 0 Å². The lowest BCUT2D eigenvalue weighted by Crippen LogP contribution is -1.83. The number of H-pyrrole nitrogens is 1. The van der Waals surface area contributed by atoms with E-state index in [0.717, 1.165) is 6.42 Å². The van der Waals surface area contributed by atoms with E-state index < -0.39 is 0 Å². The Hall–Kier alpha value is -0.430. The van der Waals surface area contributed by atoms with Gasteiger partial charge >= 0.3 is 0 Å². The Morgan fingerprint density at radius 1 is 1.40 bits per heavy atom. The highest BCUT2D eigenvalue weighted by molar-refractivity contribution is 6.17. The number of aromatic amines is 1. The number of hydrogen-bond donors (Lipinski definition) is 1. The van der Waals surface area contributed by atoms with Crippen LogP contribution in [-0.4, -0.2) is 4.98 Å². The first-order valence-electron chi connectivity index (χ1n) is 3.59. The fourth-order valence-electron chi connectivity index (χ4n) is 1.05. The maximum Gasteiger partial charge on any atom is 0.0491 e.